The average Bonchev–Trinajstić information content (AvgIpc) is 3.76. The van der Waals surface area contributed by atoms with Gasteiger partial charge in [0.1, 0.15) is 22.1 Å². The van der Waals surface area contributed by atoms with Crippen LogP contribution in [0.15, 0.2) is 87.5 Å². The van der Waals surface area contributed by atoms with Crippen molar-refractivity contribution >= 4 is 32.8 Å². The van der Waals surface area contributed by atoms with Gasteiger partial charge in [0.25, 0.3) is 15.6 Å². The number of hydrogen-bond acceptors (Lipinski definition) is 7. The maximum absolute atomic E-state index is 14.3. The van der Waals surface area contributed by atoms with Gasteiger partial charge in [-0.2, -0.15) is 13.2 Å². The molecule has 0 saturated heterocycles. The molecule has 3 N–H and O–H groups in total. The first kappa shape index (κ1) is 33.1. The van der Waals surface area contributed by atoms with Crippen molar-refractivity contribution in [2.45, 2.75) is 43.4 Å². The molecule has 5 aromatic rings. The number of aromatic nitrogens is 5. The molecular weight excluding hydrogens is 648 g/mol. The van der Waals surface area contributed by atoms with E-state index in [0.29, 0.717) is 30.4 Å². The normalized spacial score (nSPS) is 13.2. The maximum atomic E-state index is 14.3. The first-order valence-corrected chi connectivity index (χ1v) is 15.5. The summed E-state index contributed by atoms with van der Waals surface area (Å²) in [5.74, 6) is -2.43. The summed E-state index contributed by atoms with van der Waals surface area (Å²) in [6.45, 7) is 0.249. The van der Waals surface area contributed by atoms with E-state index in [0.717, 1.165) is 23.0 Å². The Bertz CT molecular complexity index is 2140. The van der Waals surface area contributed by atoms with Crippen LogP contribution in [0.5, 0.6) is 0 Å². The number of pyridine rings is 1. The first-order valence-electron chi connectivity index (χ1n) is 14.0. The number of aromatic amines is 1. The first-order chi connectivity index (χ1) is 22.2. The van der Waals surface area contributed by atoms with Gasteiger partial charge >= 0.3 is 17.8 Å². The number of nitrogens with zero attached hydrogens (tertiary/aromatic N) is 4. The summed E-state index contributed by atoms with van der Waals surface area (Å²) in [6.07, 6.45) is -0.0151. The Balaban J connectivity index is 0.000000559. The van der Waals surface area contributed by atoms with Crippen molar-refractivity contribution in [2.75, 3.05) is 4.72 Å². The van der Waals surface area contributed by atoms with E-state index in [4.69, 9.17) is 9.90 Å². The van der Waals surface area contributed by atoms with Crippen molar-refractivity contribution in [1.82, 2.24) is 24.1 Å². The number of sulfonamides is 1. The fourth-order valence-corrected chi connectivity index (χ4v) is 5.58. The number of benzene rings is 2. The van der Waals surface area contributed by atoms with Crippen molar-refractivity contribution in [3.05, 3.63) is 117 Å². The van der Waals surface area contributed by atoms with Gasteiger partial charge in [0, 0.05) is 36.6 Å². The SMILES string of the molecule is O=C(O)C(F)(F)F.O=c1c2[nH]c(Cc3ccc(NS(=O)(=O)c4cccnc4)cc3)nc2n(CC2CC2)c(=O)n1Cc1ccccc1F. The molecule has 3 aromatic heterocycles. The van der Waals surface area contributed by atoms with Crippen LogP contribution in [-0.4, -0.2) is 49.8 Å². The van der Waals surface area contributed by atoms with Gasteiger partial charge in [-0.1, -0.05) is 30.3 Å². The lowest BCUT2D eigenvalue weighted by molar-refractivity contribution is -0.192. The van der Waals surface area contributed by atoms with Crippen molar-refractivity contribution in [3.8, 4) is 0 Å². The summed E-state index contributed by atoms with van der Waals surface area (Å²) in [5, 5.41) is 7.12. The van der Waals surface area contributed by atoms with Gasteiger partial charge < -0.3 is 10.1 Å². The number of hydrogen-bond donors (Lipinski definition) is 3. The summed E-state index contributed by atoms with van der Waals surface area (Å²) in [7, 11) is -3.77. The molecule has 2 aromatic carbocycles. The number of anilines is 1. The molecule has 17 heteroatoms. The lowest BCUT2D eigenvalue weighted by Crippen LogP contribution is -2.40. The Morgan fingerprint density at radius 3 is 2.30 bits per heavy atom. The Morgan fingerprint density at radius 2 is 1.70 bits per heavy atom. The number of nitrogens with one attached hydrogen (secondary N) is 2. The third-order valence-electron chi connectivity index (χ3n) is 7.10. The third-order valence-corrected chi connectivity index (χ3v) is 8.47. The smallest absolute Gasteiger partial charge is 0.475 e. The Labute approximate surface area is 263 Å². The summed E-state index contributed by atoms with van der Waals surface area (Å²) in [6, 6.07) is 15.8. The molecule has 1 fully saturated rings. The number of carboxylic acid groups (broad SMARTS) is 1. The van der Waals surface area contributed by atoms with Crippen LogP contribution in [0.3, 0.4) is 0 Å². The zero-order chi connectivity index (χ0) is 33.9. The second-order valence-electron chi connectivity index (χ2n) is 10.7. The Hall–Kier alpha value is -5.32. The minimum atomic E-state index is -5.08. The molecule has 0 bridgehead atoms. The largest absolute Gasteiger partial charge is 0.490 e. The second-order valence-corrected chi connectivity index (χ2v) is 12.4. The van der Waals surface area contributed by atoms with Crippen LogP contribution in [0, 0.1) is 11.7 Å². The molecule has 3 heterocycles. The van der Waals surface area contributed by atoms with Crippen molar-refractivity contribution in [2.24, 2.45) is 5.92 Å². The molecule has 0 spiro atoms. The van der Waals surface area contributed by atoms with Crippen LogP contribution in [0.4, 0.5) is 23.2 Å². The summed E-state index contributed by atoms with van der Waals surface area (Å²) < 4.78 is 76.3. The highest BCUT2D eigenvalue weighted by molar-refractivity contribution is 7.92. The van der Waals surface area contributed by atoms with E-state index in [2.05, 4.69) is 19.7 Å². The number of imidazole rings is 1. The number of carbonyl (C=O) groups is 1. The third kappa shape index (κ3) is 7.92. The lowest BCUT2D eigenvalue weighted by Gasteiger charge is -2.11. The van der Waals surface area contributed by atoms with Gasteiger partial charge in [-0.05, 0) is 54.7 Å². The molecule has 12 nitrogen and oxygen atoms in total. The molecule has 47 heavy (non-hydrogen) atoms. The van der Waals surface area contributed by atoms with E-state index >= 15 is 0 Å². The van der Waals surface area contributed by atoms with Gasteiger partial charge in [0.2, 0.25) is 0 Å². The number of fused-ring (bicyclic) bond motifs is 1. The molecule has 6 rings (SSSR count). The molecule has 1 aliphatic carbocycles. The number of H-pyrrole nitrogens is 1. The molecule has 1 saturated carbocycles. The van der Waals surface area contributed by atoms with E-state index in [-0.39, 0.29) is 28.2 Å². The van der Waals surface area contributed by atoms with Crippen LogP contribution in [-0.2, 0) is 34.3 Å². The van der Waals surface area contributed by atoms with Crippen LogP contribution in [0.25, 0.3) is 11.2 Å². The molecule has 246 valence electrons. The van der Waals surface area contributed by atoms with E-state index in [9.17, 15) is 35.6 Å². The van der Waals surface area contributed by atoms with Crippen LogP contribution in [0.1, 0.15) is 29.8 Å². The van der Waals surface area contributed by atoms with E-state index in [1.54, 1.807) is 48.5 Å². The monoisotopic (exact) mass is 674 g/mol. The van der Waals surface area contributed by atoms with Crippen LogP contribution >= 0.6 is 0 Å². The molecular formula is C30H26F4N6O6S. The molecule has 1 aliphatic rings. The highest BCUT2D eigenvalue weighted by Gasteiger charge is 2.38. The van der Waals surface area contributed by atoms with Gasteiger partial charge in [-0.3, -0.25) is 23.6 Å². The number of carboxylic acids is 1. The van der Waals surface area contributed by atoms with Crippen molar-refractivity contribution < 1.29 is 35.9 Å². The predicted molar refractivity (Wildman–Crippen MR) is 161 cm³/mol. The predicted octanol–water partition coefficient (Wildman–Crippen LogP) is 3.90. The van der Waals surface area contributed by atoms with E-state index < -0.39 is 39.2 Å². The number of alkyl halides is 3. The summed E-state index contributed by atoms with van der Waals surface area (Å²) in [5.41, 5.74) is 0.829. The van der Waals surface area contributed by atoms with E-state index in [1.165, 1.54) is 29.1 Å². The quantitative estimate of drug-likeness (QED) is 0.198. The zero-order valence-electron chi connectivity index (χ0n) is 24.2. The highest BCUT2D eigenvalue weighted by atomic mass is 32.2. The number of rotatable bonds is 9. The standard InChI is InChI=1S/C28H25FN6O4S.C2HF3O2/c29-23-6-2-1-4-20(23)17-35-27(36)25-26(34(28(35)37)16-19-7-8-19)32-24(31-25)14-18-9-11-21(12-10-18)33-40(38,39)22-5-3-13-30-15-22;3-2(4,5)1(6)7/h1-6,9-13,15,19,33H,7-8,14,16-17H2,(H,31,32);(H,6,7). The van der Waals surface area contributed by atoms with Gasteiger partial charge in [-0.15, -0.1) is 0 Å². The van der Waals surface area contributed by atoms with E-state index in [1.807, 2.05) is 0 Å². The van der Waals surface area contributed by atoms with Crippen molar-refractivity contribution in [3.63, 3.8) is 0 Å². The van der Waals surface area contributed by atoms with Crippen LogP contribution < -0.4 is 16.0 Å². The average molecular weight is 675 g/mol. The number of halogens is 4. The lowest BCUT2D eigenvalue weighted by atomic mass is 10.1. The molecule has 0 radical (unpaired) electrons. The minimum absolute atomic E-state index is 0.0549. The Kier molecular flexibility index (Phi) is 9.28. The van der Waals surface area contributed by atoms with Crippen molar-refractivity contribution in [1.29, 1.82) is 0 Å². The summed E-state index contributed by atoms with van der Waals surface area (Å²) in [4.78, 5) is 47.2. The fourth-order valence-electron chi connectivity index (χ4n) is 4.56. The highest BCUT2D eigenvalue weighted by Crippen LogP contribution is 2.30. The van der Waals surface area contributed by atoms with Gasteiger partial charge in [-0.25, -0.2) is 27.4 Å². The zero-order valence-corrected chi connectivity index (χ0v) is 25.1. The second kappa shape index (κ2) is 13.2. The molecule has 0 aliphatic heterocycles. The maximum Gasteiger partial charge on any atom is 0.490 e. The van der Waals surface area contributed by atoms with Crippen LogP contribution in [0.2, 0.25) is 0 Å². The Morgan fingerprint density at radius 1 is 1.02 bits per heavy atom. The molecule has 0 atom stereocenters. The number of aliphatic carboxylic acids is 1. The minimum Gasteiger partial charge on any atom is -0.475 e. The molecule has 0 unspecified atom stereocenters. The molecule has 0 amide bonds. The topological polar surface area (TPSA) is 169 Å². The van der Waals surface area contributed by atoms with Gasteiger partial charge in [0.05, 0.1) is 6.54 Å². The fraction of sp³-hybridized carbons (Fsp3) is 0.233. The van der Waals surface area contributed by atoms with Gasteiger partial charge in [0.15, 0.2) is 5.65 Å². The summed E-state index contributed by atoms with van der Waals surface area (Å²) >= 11 is 0.